The lowest BCUT2D eigenvalue weighted by atomic mass is 10.1. The van der Waals surface area contributed by atoms with Crippen LogP contribution in [0.3, 0.4) is 0 Å². The zero-order valence-electron chi connectivity index (χ0n) is 19.8. The molecule has 0 saturated carbocycles. The van der Waals surface area contributed by atoms with E-state index < -0.39 is 23.8 Å². The lowest BCUT2D eigenvalue weighted by molar-refractivity contribution is 0.0686. The van der Waals surface area contributed by atoms with Crippen LogP contribution >= 0.6 is 35.0 Å². The molecule has 0 unspecified atom stereocenters. The standard InChI is InChI=1S/C28H18Cl2N2O6S/c29-17-5-1-3-15(11-17)25(33)31-23-9-7-19(13-21(23)27(35)36)39-20-8-10-24(22(14-20)28(37)38)32-26(34)16-4-2-6-18(30)12-16/h1-14H,(H,31,33)(H,32,34)(H,35,36)(H,37,38). The van der Waals surface area contributed by atoms with Crippen LogP contribution in [0.1, 0.15) is 41.4 Å². The van der Waals surface area contributed by atoms with Crippen LogP contribution < -0.4 is 10.6 Å². The maximum atomic E-state index is 12.6. The van der Waals surface area contributed by atoms with E-state index in [0.717, 1.165) is 11.8 Å². The van der Waals surface area contributed by atoms with E-state index >= 15 is 0 Å². The van der Waals surface area contributed by atoms with Gasteiger partial charge in [-0.2, -0.15) is 0 Å². The summed E-state index contributed by atoms with van der Waals surface area (Å²) in [7, 11) is 0. The van der Waals surface area contributed by atoms with Crippen LogP contribution in [0.4, 0.5) is 11.4 Å². The molecule has 0 aliphatic carbocycles. The molecule has 0 heterocycles. The van der Waals surface area contributed by atoms with E-state index in [9.17, 15) is 29.4 Å². The lowest BCUT2D eigenvalue weighted by Gasteiger charge is -2.12. The molecule has 4 N–H and O–H groups in total. The Morgan fingerprint density at radius 2 is 1.00 bits per heavy atom. The molecule has 0 saturated heterocycles. The summed E-state index contributed by atoms with van der Waals surface area (Å²) in [5.74, 6) is -3.57. The highest BCUT2D eigenvalue weighted by Gasteiger charge is 2.18. The van der Waals surface area contributed by atoms with Gasteiger partial charge in [-0.25, -0.2) is 9.59 Å². The summed E-state index contributed by atoms with van der Waals surface area (Å²) in [6.07, 6.45) is 0. The van der Waals surface area contributed by atoms with Gasteiger partial charge in [0.1, 0.15) is 0 Å². The van der Waals surface area contributed by atoms with Gasteiger partial charge in [0.15, 0.2) is 0 Å². The van der Waals surface area contributed by atoms with Crippen LogP contribution in [-0.2, 0) is 0 Å². The average Bonchev–Trinajstić information content (AvgIpc) is 2.90. The maximum absolute atomic E-state index is 12.6. The number of amides is 2. The van der Waals surface area contributed by atoms with E-state index in [2.05, 4.69) is 10.6 Å². The second-order valence-electron chi connectivity index (χ2n) is 8.06. The van der Waals surface area contributed by atoms with Gasteiger partial charge in [0.2, 0.25) is 0 Å². The average molecular weight is 581 g/mol. The number of carbonyl (C=O) groups is 4. The van der Waals surface area contributed by atoms with Gasteiger partial charge in [-0.15, -0.1) is 0 Å². The molecule has 0 aliphatic rings. The lowest BCUT2D eigenvalue weighted by Crippen LogP contribution is -2.15. The van der Waals surface area contributed by atoms with E-state index in [-0.39, 0.29) is 33.6 Å². The Balaban J connectivity index is 1.55. The molecular formula is C28H18Cl2N2O6S. The number of hydrogen-bond donors (Lipinski definition) is 4. The normalized spacial score (nSPS) is 10.5. The van der Waals surface area contributed by atoms with Crippen molar-refractivity contribution in [3.8, 4) is 0 Å². The minimum atomic E-state index is -1.26. The fraction of sp³-hybridized carbons (Fsp3) is 0. The largest absolute Gasteiger partial charge is 0.478 e. The van der Waals surface area contributed by atoms with Gasteiger partial charge < -0.3 is 20.8 Å². The number of hydrogen-bond acceptors (Lipinski definition) is 5. The molecule has 39 heavy (non-hydrogen) atoms. The first kappa shape index (κ1) is 27.7. The number of carbonyl (C=O) groups excluding carboxylic acids is 2. The first-order valence-corrected chi connectivity index (χ1v) is 12.7. The molecular weight excluding hydrogens is 563 g/mol. The summed E-state index contributed by atoms with van der Waals surface area (Å²) in [5.41, 5.74) is 0.393. The van der Waals surface area contributed by atoms with Gasteiger partial charge >= 0.3 is 11.9 Å². The molecule has 196 valence electrons. The highest BCUT2D eigenvalue weighted by atomic mass is 35.5. The number of rotatable bonds is 8. The molecule has 8 nitrogen and oxygen atoms in total. The summed E-state index contributed by atoms with van der Waals surface area (Å²) >= 11 is 13.0. The molecule has 0 radical (unpaired) electrons. The molecule has 0 atom stereocenters. The number of carboxylic acid groups (broad SMARTS) is 2. The zero-order chi connectivity index (χ0) is 28.1. The molecule has 0 spiro atoms. The van der Waals surface area contributed by atoms with Crippen molar-refractivity contribution in [2.24, 2.45) is 0 Å². The number of halogens is 2. The summed E-state index contributed by atoms with van der Waals surface area (Å²) in [4.78, 5) is 50.0. The Labute approximate surface area is 236 Å². The van der Waals surface area contributed by atoms with Gasteiger partial charge in [0.05, 0.1) is 22.5 Å². The second-order valence-corrected chi connectivity index (χ2v) is 10.1. The minimum absolute atomic E-state index is 0.0853. The fourth-order valence-electron chi connectivity index (χ4n) is 3.53. The topological polar surface area (TPSA) is 133 Å². The Morgan fingerprint density at radius 3 is 1.36 bits per heavy atom. The van der Waals surface area contributed by atoms with Crippen LogP contribution in [0.5, 0.6) is 0 Å². The first-order chi connectivity index (χ1) is 18.6. The smallest absolute Gasteiger partial charge is 0.337 e. The number of anilines is 2. The molecule has 0 fully saturated rings. The number of benzene rings is 4. The van der Waals surface area contributed by atoms with E-state index in [1.54, 1.807) is 48.5 Å². The highest BCUT2D eigenvalue weighted by Crippen LogP contribution is 2.33. The molecule has 0 aliphatic heterocycles. The first-order valence-electron chi connectivity index (χ1n) is 11.2. The molecule has 4 aromatic carbocycles. The zero-order valence-corrected chi connectivity index (χ0v) is 22.1. The van der Waals surface area contributed by atoms with Crippen molar-refractivity contribution in [1.82, 2.24) is 0 Å². The van der Waals surface area contributed by atoms with Gasteiger partial charge in [0, 0.05) is 31.0 Å². The third-order valence-corrected chi connectivity index (χ3v) is 6.80. The minimum Gasteiger partial charge on any atom is -0.478 e. The summed E-state index contributed by atoms with van der Waals surface area (Å²) in [6, 6.07) is 21.3. The Kier molecular flexibility index (Phi) is 8.55. The summed E-state index contributed by atoms with van der Waals surface area (Å²) in [6.45, 7) is 0. The van der Waals surface area contributed by atoms with Gasteiger partial charge in [0.25, 0.3) is 11.8 Å². The number of aromatic carboxylic acids is 2. The summed E-state index contributed by atoms with van der Waals surface area (Å²) < 4.78 is 0. The van der Waals surface area contributed by atoms with Crippen molar-refractivity contribution < 1.29 is 29.4 Å². The van der Waals surface area contributed by atoms with Crippen molar-refractivity contribution in [3.05, 3.63) is 117 Å². The molecule has 0 aromatic heterocycles. The fourth-order valence-corrected chi connectivity index (χ4v) is 4.81. The van der Waals surface area contributed by atoms with Crippen molar-refractivity contribution in [3.63, 3.8) is 0 Å². The monoisotopic (exact) mass is 580 g/mol. The predicted molar refractivity (Wildman–Crippen MR) is 150 cm³/mol. The van der Waals surface area contributed by atoms with Crippen LogP contribution in [0, 0.1) is 0 Å². The molecule has 4 rings (SSSR count). The van der Waals surface area contributed by atoms with Crippen molar-refractivity contribution in [2.75, 3.05) is 10.6 Å². The van der Waals surface area contributed by atoms with Crippen LogP contribution in [0.25, 0.3) is 0 Å². The second kappa shape index (κ2) is 12.0. The molecule has 0 bridgehead atoms. The van der Waals surface area contributed by atoms with Crippen LogP contribution in [-0.4, -0.2) is 34.0 Å². The third kappa shape index (κ3) is 6.97. The van der Waals surface area contributed by atoms with Crippen molar-refractivity contribution in [2.45, 2.75) is 9.79 Å². The van der Waals surface area contributed by atoms with Crippen molar-refractivity contribution in [1.29, 1.82) is 0 Å². The highest BCUT2D eigenvalue weighted by molar-refractivity contribution is 7.99. The summed E-state index contributed by atoms with van der Waals surface area (Å²) in [5, 5.41) is 25.3. The van der Waals surface area contributed by atoms with E-state index in [1.807, 2.05) is 0 Å². The van der Waals surface area contributed by atoms with E-state index in [4.69, 9.17) is 23.2 Å². The SMILES string of the molecule is O=C(Nc1ccc(Sc2ccc(NC(=O)c3cccc(Cl)c3)c(C(=O)O)c2)cc1C(=O)O)c1cccc(Cl)c1. The molecule has 4 aromatic rings. The maximum Gasteiger partial charge on any atom is 0.337 e. The van der Waals surface area contributed by atoms with E-state index in [0.29, 0.717) is 19.8 Å². The molecule has 11 heteroatoms. The number of nitrogens with one attached hydrogen (secondary N) is 2. The quantitative estimate of drug-likeness (QED) is 0.175. The van der Waals surface area contributed by atoms with E-state index in [1.165, 1.54) is 36.4 Å². The van der Waals surface area contributed by atoms with Gasteiger partial charge in [-0.1, -0.05) is 47.1 Å². The third-order valence-electron chi connectivity index (χ3n) is 5.35. The predicted octanol–water partition coefficient (Wildman–Crippen LogP) is 7.05. The molecule has 2 amide bonds. The van der Waals surface area contributed by atoms with Crippen molar-refractivity contribution >= 4 is 70.1 Å². The Morgan fingerprint density at radius 1 is 0.590 bits per heavy atom. The number of carboxylic acids is 2. The van der Waals surface area contributed by atoms with Crippen LogP contribution in [0.15, 0.2) is 94.7 Å². The van der Waals surface area contributed by atoms with Gasteiger partial charge in [-0.3, -0.25) is 9.59 Å². The van der Waals surface area contributed by atoms with Gasteiger partial charge in [-0.05, 0) is 72.8 Å². The Hall–Kier alpha value is -4.31. The Bertz CT molecular complexity index is 1510. The van der Waals surface area contributed by atoms with Crippen LogP contribution in [0.2, 0.25) is 10.0 Å².